The quantitative estimate of drug-likeness (QED) is 0.766. The number of nitrogens with zero attached hydrogens (tertiary/aromatic N) is 2. The Morgan fingerprint density at radius 2 is 1.89 bits per heavy atom. The number of halogens is 2. The summed E-state index contributed by atoms with van der Waals surface area (Å²) in [6.45, 7) is 2.85. The van der Waals surface area contributed by atoms with Crippen molar-refractivity contribution in [1.29, 1.82) is 0 Å². The van der Waals surface area contributed by atoms with E-state index in [0.717, 1.165) is 0 Å². The number of nitrogens with one attached hydrogen (secondary N) is 1. The highest BCUT2D eigenvalue weighted by atomic mass is 35.5. The highest BCUT2D eigenvalue weighted by Gasteiger charge is 2.22. The molecule has 2 heterocycles. The molecule has 1 aromatic carbocycles. The van der Waals surface area contributed by atoms with Gasteiger partial charge in [0.2, 0.25) is 5.91 Å². The highest BCUT2D eigenvalue weighted by Crippen LogP contribution is 2.32. The zero-order chi connectivity index (χ0) is 19.4. The van der Waals surface area contributed by atoms with Crippen LogP contribution in [0.5, 0.6) is 11.5 Å². The summed E-state index contributed by atoms with van der Waals surface area (Å²) < 4.78 is 10.9. The van der Waals surface area contributed by atoms with E-state index in [2.05, 4.69) is 10.3 Å². The summed E-state index contributed by atoms with van der Waals surface area (Å²) in [5.74, 6) is 0.367. The highest BCUT2D eigenvalue weighted by molar-refractivity contribution is 6.34. The first-order valence-electron chi connectivity index (χ1n) is 8.28. The molecule has 3 rings (SSSR count). The summed E-state index contributed by atoms with van der Waals surface area (Å²) in [5.41, 5.74) is 0.560. The second kappa shape index (κ2) is 8.45. The van der Waals surface area contributed by atoms with Crippen molar-refractivity contribution >= 4 is 40.7 Å². The predicted molar refractivity (Wildman–Crippen MR) is 102 cm³/mol. The maximum absolute atomic E-state index is 12.6. The third-order valence-corrected chi connectivity index (χ3v) is 4.36. The fourth-order valence-electron chi connectivity index (χ4n) is 2.54. The third-order valence-electron chi connectivity index (χ3n) is 3.84. The maximum Gasteiger partial charge on any atom is 0.274 e. The second-order valence-corrected chi connectivity index (χ2v) is 6.48. The van der Waals surface area contributed by atoms with Gasteiger partial charge in [0.15, 0.2) is 11.5 Å². The fourth-order valence-corrected chi connectivity index (χ4v) is 2.87. The van der Waals surface area contributed by atoms with Gasteiger partial charge in [-0.15, -0.1) is 0 Å². The van der Waals surface area contributed by atoms with Gasteiger partial charge in [0.25, 0.3) is 5.91 Å². The summed E-state index contributed by atoms with van der Waals surface area (Å²) in [6.07, 6.45) is 0. The number of likely N-dealkylation sites (N-methyl/N-ethyl adjacent to an activating group) is 1. The molecule has 0 fully saturated rings. The van der Waals surface area contributed by atoms with Gasteiger partial charge in [-0.2, -0.15) is 0 Å². The summed E-state index contributed by atoms with van der Waals surface area (Å²) in [5, 5.41) is 3.07. The van der Waals surface area contributed by atoms with E-state index in [0.29, 0.717) is 36.9 Å². The molecule has 2 aromatic rings. The predicted octanol–water partition coefficient (Wildman–Crippen LogP) is 3.26. The lowest BCUT2D eigenvalue weighted by Gasteiger charge is -2.21. The van der Waals surface area contributed by atoms with Gasteiger partial charge in [-0.05, 0) is 31.2 Å². The number of hydrogen-bond acceptors (Lipinski definition) is 5. The van der Waals surface area contributed by atoms with Crippen molar-refractivity contribution in [3.8, 4) is 11.5 Å². The van der Waals surface area contributed by atoms with Crippen LogP contribution in [0, 0.1) is 0 Å². The lowest BCUT2D eigenvalue weighted by Crippen LogP contribution is -2.38. The van der Waals surface area contributed by atoms with Crippen LogP contribution in [-0.4, -0.2) is 48.0 Å². The third kappa shape index (κ3) is 4.61. The number of pyridine rings is 1. The second-order valence-electron chi connectivity index (χ2n) is 5.69. The Kier molecular flexibility index (Phi) is 6.03. The average molecular weight is 410 g/mol. The topological polar surface area (TPSA) is 80.8 Å². The number of benzene rings is 1. The first-order valence-corrected chi connectivity index (χ1v) is 9.04. The Hall–Kier alpha value is -2.51. The smallest absolute Gasteiger partial charge is 0.274 e. The molecule has 1 aliphatic rings. The van der Waals surface area contributed by atoms with E-state index in [9.17, 15) is 9.59 Å². The molecule has 0 atom stereocenters. The fraction of sp³-hybridized carbons (Fsp3) is 0.278. The van der Waals surface area contributed by atoms with Crippen molar-refractivity contribution in [3.05, 3.63) is 46.2 Å². The van der Waals surface area contributed by atoms with Crippen molar-refractivity contribution in [2.24, 2.45) is 0 Å². The van der Waals surface area contributed by atoms with Crippen LogP contribution < -0.4 is 14.8 Å². The van der Waals surface area contributed by atoms with Crippen LogP contribution in [0.15, 0.2) is 30.3 Å². The molecule has 0 unspecified atom stereocenters. The molecule has 9 heteroatoms. The Bertz CT molecular complexity index is 876. The molecule has 0 radical (unpaired) electrons. The molecular formula is C18H17Cl2N3O4. The number of amides is 2. The molecule has 0 aliphatic carbocycles. The average Bonchev–Trinajstić information content (AvgIpc) is 2.67. The van der Waals surface area contributed by atoms with E-state index in [-0.39, 0.29) is 28.3 Å². The number of ether oxygens (including phenoxy) is 2. The van der Waals surface area contributed by atoms with Gasteiger partial charge >= 0.3 is 0 Å². The lowest BCUT2D eigenvalue weighted by molar-refractivity contribution is -0.116. The molecule has 27 heavy (non-hydrogen) atoms. The Morgan fingerprint density at radius 3 is 2.63 bits per heavy atom. The monoisotopic (exact) mass is 409 g/mol. The van der Waals surface area contributed by atoms with E-state index >= 15 is 0 Å². The molecule has 142 valence electrons. The molecule has 7 nitrogen and oxygen atoms in total. The molecule has 0 spiro atoms. The lowest BCUT2D eigenvalue weighted by atomic mass is 10.2. The molecule has 0 bridgehead atoms. The van der Waals surface area contributed by atoms with Gasteiger partial charge in [0.05, 0.1) is 5.02 Å². The number of aromatic nitrogens is 1. The van der Waals surface area contributed by atoms with E-state index < -0.39 is 5.91 Å². The molecule has 1 aliphatic heterocycles. The van der Waals surface area contributed by atoms with Gasteiger partial charge in [0, 0.05) is 18.3 Å². The summed E-state index contributed by atoms with van der Waals surface area (Å²) in [7, 11) is 0. The van der Waals surface area contributed by atoms with Crippen molar-refractivity contribution < 1.29 is 19.1 Å². The van der Waals surface area contributed by atoms with E-state index in [4.69, 9.17) is 32.7 Å². The number of anilines is 1. The summed E-state index contributed by atoms with van der Waals surface area (Å²) >= 11 is 11.9. The van der Waals surface area contributed by atoms with Crippen molar-refractivity contribution in [2.45, 2.75) is 6.92 Å². The largest absolute Gasteiger partial charge is 0.486 e. The first kappa shape index (κ1) is 19.3. The van der Waals surface area contributed by atoms with Gasteiger partial charge < -0.3 is 19.7 Å². The summed E-state index contributed by atoms with van der Waals surface area (Å²) in [4.78, 5) is 30.3. The Morgan fingerprint density at radius 1 is 1.15 bits per heavy atom. The van der Waals surface area contributed by atoms with Crippen molar-refractivity contribution in [2.75, 3.05) is 31.6 Å². The minimum Gasteiger partial charge on any atom is -0.486 e. The van der Waals surface area contributed by atoms with Crippen molar-refractivity contribution in [3.63, 3.8) is 0 Å². The number of hydrogen-bond donors (Lipinski definition) is 1. The number of rotatable bonds is 5. The standard InChI is InChI=1S/C18H17Cl2N3O4/c1-2-23(18(25)17-12(19)4-6-15(20)22-17)10-16(24)21-11-3-5-13-14(9-11)27-8-7-26-13/h3-6,9H,2,7-8,10H2,1H3,(H,21,24). The molecule has 1 aromatic heterocycles. The van der Waals surface area contributed by atoms with Crippen LogP contribution in [0.2, 0.25) is 10.2 Å². The van der Waals surface area contributed by atoms with E-state index in [1.54, 1.807) is 25.1 Å². The van der Waals surface area contributed by atoms with Crippen LogP contribution in [0.1, 0.15) is 17.4 Å². The molecule has 0 saturated heterocycles. The number of carbonyl (C=O) groups excluding carboxylic acids is 2. The van der Waals surface area contributed by atoms with E-state index in [1.807, 2.05) is 0 Å². The number of carbonyl (C=O) groups is 2. The SMILES string of the molecule is CCN(CC(=O)Nc1ccc2c(c1)OCCO2)C(=O)c1nc(Cl)ccc1Cl. The molecule has 0 saturated carbocycles. The minimum absolute atomic E-state index is 0.0122. The van der Waals surface area contributed by atoms with Gasteiger partial charge in [0.1, 0.15) is 30.6 Å². The zero-order valence-electron chi connectivity index (χ0n) is 14.5. The molecule has 1 N–H and O–H groups in total. The normalized spacial score (nSPS) is 12.4. The van der Waals surface area contributed by atoms with Crippen LogP contribution in [0.25, 0.3) is 0 Å². The zero-order valence-corrected chi connectivity index (χ0v) is 16.0. The van der Waals surface area contributed by atoms with Gasteiger partial charge in [-0.25, -0.2) is 4.98 Å². The molecule has 2 amide bonds. The minimum atomic E-state index is -0.470. The Balaban J connectivity index is 1.68. The van der Waals surface area contributed by atoms with Crippen LogP contribution in [0.4, 0.5) is 5.69 Å². The van der Waals surface area contributed by atoms with Crippen LogP contribution in [0.3, 0.4) is 0 Å². The maximum atomic E-state index is 12.6. The van der Waals surface area contributed by atoms with Gasteiger partial charge in [-0.1, -0.05) is 23.2 Å². The van der Waals surface area contributed by atoms with Crippen molar-refractivity contribution in [1.82, 2.24) is 9.88 Å². The van der Waals surface area contributed by atoms with Gasteiger partial charge in [-0.3, -0.25) is 9.59 Å². The van der Waals surface area contributed by atoms with Crippen LogP contribution in [-0.2, 0) is 4.79 Å². The van der Waals surface area contributed by atoms with Crippen LogP contribution >= 0.6 is 23.2 Å². The molecular weight excluding hydrogens is 393 g/mol. The number of fused-ring (bicyclic) bond motifs is 1. The van der Waals surface area contributed by atoms with E-state index in [1.165, 1.54) is 17.0 Å². The summed E-state index contributed by atoms with van der Waals surface area (Å²) in [6, 6.07) is 8.10. The Labute approximate surface area is 166 Å². The first-order chi connectivity index (χ1) is 13.0.